The molecule has 1 unspecified atom stereocenters. The van der Waals surface area contributed by atoms with Crippen LogP contribution in [0.1, 0.15) is 20.8 Å². The van der Waals surface area contributed by atoms with Gasteiger partial charge in [0.1, 0.15) is 11.1 Å². The van der Waals surface area contributed by atoms with E-state index >= 15 is 0 Å². The Kier molecular flexibility index (Phi) is 8.93. The van der Waals surface area contributed by atoms with Crippen molar-refractivity contribution in [1.82, 2.24) is 10.2 Å². The van der Waals surface area contributed by atoms with E-state index in [1.165, 1.54) is 0 Å². The van der Waals surface area contributed by atoms with E-state index in [1.54, 1.807) is 0 Å². The number of thiocarbonyl (C=S) groups is 1. The van der Waals surface area contributed by atoms with Crippen molar-refractivity contribution in [2.75, 3.05) is 32.8 Å². The number of hydrogen-bond donors (Lipinski definition) is 2. The van der Waals surface area contributed by atoms with E-state index in [9.17, 15) is 4.79 Å². The van der Waals surface area contributed by atoms with Crippen LogP contribution in [0.4, 0.5) is 0 Å². The lowest BCUT2D eigenvalue weighted by molar-refractivity contribution is -0.122. The molecule has 0 aliphatic rings. The molecule has 3 N–H and O–H groups in total. The molecule has 0 bridgehead atoms. The second-order valence-electron chi connectivity index (χ2n) is 3.74. The minimum Gasteiger partial charge on any atom is -0.391 e. The fourth-order valence-corrected chi connectivity index (χ4v) is 1.31. The van der Waals surface area contributed by atoms with Crippen molar-refractivity contribution >= 4 is 23.1 Å². The Hall–Kier alpha value is -0.720. The van der Waals surface area contributed by atoms with Gasteiger partial charge in [-0.25, -0.2) is 0 Å². The molecule has 0 saturated carbocycles. The van der Waals surface area contributed by atoms with Gasteiger partial charge >= 0.3 is 0 Å². The van der Waals surface area contributed by atoms with Crippen molar-refractivity contribution in [3.05, 3.63) is 0 Å². The summed E-state index contributed by atoms with van der Waals surface area (Å²) in [5.41, 5.74) is 5.43. The summed E-state index contributed by atoms with van der Waals surface area (Å²) in [7, 11) is 0. The normalized spacial score (nSPS) is 12.5. The Morgan fingerprint density at radius 3 is 2.65 bits per heavy atom. The minimum atomic E-state index is -0.215. The number of amides is 1. The Bertz CT molecular complexity index is 249. The number of hydrogen-bond acceptors (Lipinski definition) is 4. The number of ether oxygens (including phenoxy) is 1. The average molecular weight is 261 g/mol. The second-order valence-corrected chi connectivity index (χ2v) is 4.21. The molecule has 1 atom stereocenters. The number of nitrogens with zero attached hydrogens (tertiary/aromatic N) is 1. The van der Waals surface area contributed by atoms with Gasteiger partial charge in [0.2, 0.25) is 5.91 Å². The zero-order chi connectivity index (χ0) is 13.3. The summed E-state index contributed by atoms with van der Waals surface area (Å²) in [6, 6.07) is 0. The molecule has 0 heterocycles. The third kappa shape index (κ3) is 8.06. The predicted octanol–water partition coefficient (Wildman–Crippen LogP) is 0.136. The third-order valence-electron chi connectivity index (χ3n) is 2.36. The molecule has 0 fully saturated rings. The van der Waals surface area contributed by atoms with E-state index < -0.39 is 0 Å². The maximum absolute atomic E-state index is 11.4. The molecule has 0 aromatic rings. The Morgan fingerprint density at radius 1 is 1.53 bits per heavy atom. The van der Waals surface area contributed by atoms with Gasteiger partial charge in [0.25, 0.3) is 0 Å². The van der Waals surface area contributed by atoms with Crippen LogP contribution < -0.4 is 11.1 Å². The second kappa shape index (κ2) is 9.32. The van der Waals surface area contributed by atoms with Crippen LogP contribution in [-0.2, 0) is 9.53 Å². The maximum atomic E-state index is 11.4. The first kappa shape index (κ1) is 16.3. The molecule has 0 aliphatic carbocycles. The Labute approximate surface area is 109 Å². The van der Waals surface area contributed by atoms with Gasteiger partial charge in [-0.15, -0.1) is 0 Å². The predicted molar refractivity (Wildman–Crippen MR) is 73.0 cm³/mol. The van der Waals surface area contributed by atoms with Crippen molar-refractivity contribution < 1.29 is 9.53 Å². The van der Waals surface area contributed by atoms with Gasteiger partial charge in [-0.05, 0) is 20.4 Å². The van der Waals surface area contributed by atoms with E-state index in [4.69, 9.17) is 22.7 Å². The van der Waals surface area contributed by atoms with Crippen molar-refractivity contribution in [2.45, 2.75) is 26.9 Å². The number of carbonyl (C=O) groups is 1. The van der Waals surface area contributed by atoms with Crippen LogP contribution in [0.3, 0.4) is 0 Å². The molecule has 0 aliphatic heterocycles. The first-order chi connectivity index (χ1) is 8.01. The fraction of sp³-hybridized carbons (Fsp3) is 0.818. The van der Waals surface area contributed by atoms with Gasteiger partial charge in [-0.2, -0.15) is 0 Å². The first-order valence-electron chi connectivity index (χ1n) is 5.91. The summed E-state index contributed by atoms with van der Waals surface area (Å²) in [5, 5.41) is 2.77. The summed E-state index contributed by atoms with van der Waals surface area (Å²) in [4.78, 5) is 13.8. The summed E-state index contributed by atoms with van der Waals surface area (Å²) >= 11 is 4.81. The summed E-state index contributed by atoms with van der Waals surface area (Å²) in [6.45, 7) is 8.81. The molecule has 0 radical (unpaired) electrons. The SMILES string of the molecule is CCNC(=O)CN(CC)CCOC(C)C(N)=S. The Balaban J connectivity index is 3.82. The third-order valence-corrected chi connectivity index (χ3v) is 2.70. The molecule has 6 heteroatoms. The van der Waals surface area contributed by atoms with Gasteiger partial charge in [0.05, 0.1) is 13.2 Å². The highest BCUT2D eigenvalue weighted by atomic mass is 32.1. The molecular formula is C11H23N3O2S. The number of rotatable bonds is 9. The van der Waals surface area contributed by atoms with E-state index in [1.807, 2.05) is 25.7 Å². The van der Waals surface area contributed by atoms with Crippen LogP contribution in [0, 0.1) is 0 Å². The Morgan fingerprint density at radius 2 is 2.18 bits per heavy atom. The van der Waals surface area contributed by atoms with Crippen LogP contribution in [0.25, 0.3) is 0 Å². The van der Waals surface area contributed by atoms with Crippen molar-refractivity contribution in [1.29, 1.82) is 0 Å². The lowest BCUT2D eigenvalue weighted by atomic mass is 10.4. The maximum Gasteiger partial charge on any atom is 0.234 e. The summed E-state index contributed by atoms with van der Waals surface area (Å²) in [6.07, 6.45) is -0.215. The lowest BCUT2D eigenvalue weighted by Crippen LogP contribution is -2.39. The van der Waals surface area contributed by atoms with E-state index in [0.29, 0.717) is 31.2 Å². The first-order valence-corrected chi connectivity index (χ1v) is 6.32. The van der Waals surface area contributed by atoms with Crippen molar-refractivity contribution in [2.24, 2.45) is 5.73 Å². The van der Waals surface area contributed by atoms with Gasteiger partial charge < -0.3 is 15.8 Å². The zero-order valence-corrected chi connectivity index (χ0v) is 11.7. The van der Waals surface area contributed by atoms with Crippen molar-refractivity contribution in [3.63, 3.8) is 0 Å². The number of nitrogens with two attached hydrogens (primary N) is 1. The standard InChI is InChI=1S/C11H23N3O2S/c1-4-13-10(15)8-14(5-2)6-7-16-9(3)11(12)17/h9H,4-8H2,1-3H3,(H2,12,17)(H,13,15). The molecule has 0 aromatic carbocycles. The minimum absolute atomic E-state index is 0.0387. The lowest BCUT2D eigenvalue weighted by Gasteiger charge is -2.20. The highest BCUT2D eigenvalue weighted by Gasteiger charge is 2.09. The number of likely N-dealkylation sites (N-methyl/N-ethyl adjacent to an activating group) is 2. The van der Waals surface area contributed by atoms with Gasteiger partial charge in [-0.3, -0.25) is 9.69 Å². The molecule has 5 nitrogen and oxygen atoms in total. The zero-order valence-electron chi connectivity index (χ0n) is 10.9. The number of nitrogens with one attached hydrogen (secondary N) is 1. The monoisotopic (exact) mass is 261 g/mol. The quantitative estimate of drug-likeness (QED) is 0.578. The van der Waals surface area contributed by atoms with Crippen LogP contribution >= 0.6 is 12.2 Å². The molecule has 100 valence electrons. The highest BCUT2D eigenvalue weighted by molar-refractivity contribution is 7.80. The van der Waals surface area contributed by atoms with Crippen LogP contribution in [-0.4, -0.2) is 54.7 Å². The molecule has 0 aromatic heterocycles. The topological polar surface area (TPSA) is 67.6 Å². The van der Waals surface area contributed by atoms with E-state index in [-0.39, 0.29) is 12.0 Å². The summed E-state index contributed by atoms with van der Waals surface area (Å²) in [5.74, 6) is 0.0387. The largest absolute Gasteiger partial charge is 0.391 e. The molecular weight excluding hydrogens is 238 g/mol. The smallest absolute Gasteiger partial charge is 0.234 e. The molecule has 0 spiro atoms. The van der Waals surface area contributed by atoms with Gasteiger partial charge in [0.15, 0.2) is 0 Å². The average Bonchev–Trinajstić information content (AvgIpc) is 2.27. The van der Waals surface area contributed by atoms with Gasteiger partial charge in [0, 0.05) is 13.1 Å². The number of carbonyl (C=O) groups excluding carboxylic acids is 1. The molecule has 0 saturated heterocycles. The summed E-state index contributed by atoms with van der Waals surface area (Å²) < 4.78 is 5.44. The van der Waals surface area contributed by atoms with Crippen LogP contribution in [0.2, 0.25) is 0 Å². The molecule has 0 rings (SSSR count). The fourth-order valence-electron chi connectivity index (χ4n) is 1.25. The molecule has 1 amide bonds. The van der Waals surface area contributed by atoms with Crippen LogP contribution in [0.15, 0.2) is 0 Å². The van der Waals surface area contributed by atoms with Gasteiger partial charge in [-0.1, -0.05) is 19.1 Å². The van der Waals surface area contributed by atoms with E-state index in [2.05, 4.69) is 5.32 Å². The van der Waals surface area contributed by atoms with Crippen LogP contribution in [0.5, 0.6) is 0 Å². The van der Waals surface area contributed by atoms with Crippen molar-refractivity contribution in [3.8, 4) is 0 Å². The molecule has 17 heavy (non-hydrogen) atoms. The highest BCUT2D eigenvalue weighted by Crippen LogP contribution is 1.93. The van der Waals surface area contributed by atoms with E-state index in [0.717, 1.165) is 6.54 Å².